The lowest BCUT2D eigenvalue weighted by molar-refractivity contribution is 0.196. The van der Waals surface area contributed by atoms with Crippen LogP contribution in [0.3, 0.4) is 0 Å². The maximum Gasteiger partial charge on any atom is 0.243 e. The second-order valence-electron chi connectivity index (χ2n) is 5.85. The fourth-order valence-corrected chi connectivity index (χ4v) is 3.85. The minimum Gasteiger partial charge on any atom is -0.207 e. The van der Waals surface area contributed by atoms with Gasteiger partial charge in [-0.1, -0.05) is 26.0 Å². The van der Waals surface area contributed by atoms with Crippen LogP contribution in [-0.2, 0) is 15.9 Å². The standard InChI is InChI=1S/C14H20ClNO2S/c1-14(2)7-9-16(10-8-14)19(17,18)13-5-3-12(11-15)4-6-13/h3-6H,7-11H2,1-2H3. The van der Waals surface area contributed by atoms with Gasteiger partial charge in [0.05, 0.1) is 4.90 Å². The van der Waals surface area contributed by atoms with Gasteiger partial charge in [-0.3, -0.25) is 0 Å². The molecule has 5 heteroatoms. The Balaban J connectivity index is 2.18. The summed E-state index contributed by atoms with van der Waals surface area (Å²) in [7, 11) is -3.35. The van der Waals surface area contributed by atoms with Crippen molar-refractivity contribution in [3.8, 4) is 0 Å². The monoisotopic (exact) mass is 301 g/mol. The molecule has 0 N–H and O–H groups in total. The van der Waals surface area contributed by atoms with Gasteiger partial charge in [0, 0.05) is 19.0 Å². The molecule has 1 aromatic carbocycles. The summed E-state index contributed by atoms with van der Waals surface area (Å²) >= 11 is 5.71. The van der Waals surface area contributed by atoms with E-state index in [9.17, 15) is 8.42 Å². The molecule has 1 saturated heterocycles. The van der Waals surface area contributed by atoms with Crippen molar-refractivity contribution < 1.29 is 8.42 Å². The Morgan fingerprint density at radius 1 is 1.16 bits per heavy atom. The van der Waals surface area contributed by atoms with Crippen molar-refractivity contribution in [3.05, 3.63) is 29.8 Å². The molecule has 1 aliphatic heterocycles. The minimum absolute atomic E-state index is 0.245. The van der Waals surface area contributed by atoms with Crippen LogP contribution in [0.25, 0.3) is 0 Å². The Hall–Kier alpha value is -0.580. The van der Waals surface area contributed by atoms with E-state index in [2.05, 4.69) is 13.8 Å². The summed E-state index contributed by atoms with van der Waals surface area (Å²) in [6, 6.07) is 6.83. The van der Waals surface area contributed by atoms with E-state index in [1.165, 1.54) is 0 Å². The number of halogens is 1. The molecule has 1 heterocycles. The third-order valence-electron chi connectivity index (χ3n) is 3.79. The van der Waals surface area contributed by atoms with Crippen molar-refractivity contribution in [3.63, 3.8) is 0 Å². The number of piperidine rings is 1. The number of nitrogens with zero attached hydrogens (tertiary/aromatic N) is 1. The Kier molecular flexibility index (Phi) is 4.23. The molecule has 0 unspecified atom stereocenters. The van der Waals surface area contributed by atoms with Crippen LogP contribution < -0.4 is 0 Å². The first-order chi connectivity index (χ1) is 8.85. The molecule has 0 aromatic heterocycles. The van der Waals surface area contributed by atoms with Gasteiger partial charge in [-0.2, -0.15) is 4.31 Å². The van der Waals surface area contributed by atoms with Crippen LogP contribution in [0.4, 0.5) is 0 Å². The van der Waals surface area contributed by atoms with E-state index in [0.29, 0.717) is 23.9 Å². The number of sulfonamides is 1. The van der Waals surface area contributed by atoms with Gasteiger partial charge < -0.3 is 0 Å². The van der Waals surface area contributed by atoms with E-state index in [-0.39, 0.29) is 5.41 Å². The third kappa shape index (κ3) is 3.30. The third-order valence-corrected chi connectivity index (χ3v) is 6.01. The Labute approximate surface area is 120 Å². The highest BCUT2D eigenvalue weighted by molar-refractivity contribution is 7.89. The van der Waals surface area contributed by atoms with E-state index in [1.54, 1.807) is 28.6 Å². The van der Waals surface area contributed by atoms with Crippen LogP contribution in [0.1, 0.15) is 32.3 Å². The van der Waals surface area contributed by atoms with Gasteiger partial charge in [0.1, 0.15) is 0 Å². The van der Waals surface area contributed by atoms with E-state index in [4.69, 9.17) is 11.6 Å². The molecule has 19 heavy (non-hydrogen) atoms. The lowest BCUT2D eigenvalue weighted by Crippen LogP contribution is -2.41. The zero-order chi connectivity index (χ0) is 14.1. The molecule has 1 fully saturated rings. The molecule has 2 rings (SSSR count). The summed E-state index contributed by atoms with van der Waals surface area (Å²) in [5.74, 6) is 0.401. The highest BCUT2D eigenvalue weighted by atomic mass is 35.5. The number of rotatable bonds is 3. The molecule has 0 amide bonds. The lowest BCUT2D eigenvalue weighted by Gasteiger charge is -2.36. The number of alkyl halides is 1. The first kappa shape index (κ1) is 14.8. The van der Waals surface area contributed by atoms with Crippen LogP contribution in [0.15, 0.2) is 29.2 Å². The summed E-state index contributed by atoms with van der Waals surface area (Å²) in [4.78, 5) is 0.362. The average Bonchev–Trinajstić information content (AvgIpc) is 2.38. The Morgan fingerprint density at radius 3 is 2.16 bits per heavy atom. The van der Waals surface area contributed by atoms with E-state index in [0.717, 1.165) is 18.4 Å². The van der Waals surface area contributed by atoms with Gasteiger partial charge in [0.25, 0.3) is 0 Å². The molecule has 0 atom stereocenters. The minimum atomic E-state index is -3.35. The van der Waals surface area contributed by atoms with Crippen LogP contribution >= 0.6 is 11.6 Å². The van der Waals surface area contributed by atoms with Gasteiger partial charge in [0.2, 0.25) is 10.0 Å². The van der Waals surface area contributed by atoms with E-state index >= 15 is 0 Å². The van der Waals surface area contributed by atoms with Crippen LogP contribution in [0.5, 0.6) is 0 Å². The van der Waals surface area contributed by atoms with E-state index in [1.807, 2.05) is 0 Å². The van der Waals surface area contributed by atoms with Crippen molar-refractivity contribution in [1.29, 1.82) is 0 Å². The molecule has 1 aliphatic rings. The number of benzene rings is 1. The highest BCUT2D eigenvalue weighted by Gasteiger charge is 2.32. The van der Waals surface area contributed by atoms with Crippen molar-refractivity contribution in [2.45, 2.75) is 37.5 Å². The molecule has 0 bridgehead atoms. The molecular formula is C14H20ClNO2S. The smallest absolute Gasteiger partial charge is 0.207 e. The summed E-state index contributed by atoms with van der Waals surface area (Å²) in [5.41, 5.74) is 1.18. The first-order valence-corrected chi connectivity index (χ1v) is 8.48. The maximum atomic E-state index is 12.5. The number of hydrogen-bond acceptors (Lipinski definition) is 2. The predicted molar refractivity (Wildman–Crippen MR) is 77.8 cm³/mol. The van der Waals surface area contributed by atoms with Gasteiger partial charge in [0.15, 0.2) is 0 Å². The summed E-state index contributed by atoms with van der Waals surface area (Å²) < 4.78 is 26.6. The van der Waals surface area contributed by atoms with Gasteiger partial charge in [-0.05, 0) is 36.0 Å². The van der Waals surface area contributed by atoms with E-state index < -0.39 is 10.0 Å². The van der Waals surface area contributed by atoms with Crippen molar-refractivity contribution in [2.75, 3.05) is 13.1 Å². The Morgan fingerprint density at radius 2 is 1.68 bits per heavy atom. The summed E-state index contributed by atoms with van der Waals surface area (Å²) in [5, 5.41) is 0. The first-order valence-electron chi connectivity index (χ1n) is 6.50. The number of hydrogen-bond donors (Lipinski definition) is 0. The predicted octanol–water partition coefficient (Wildman–Crippen LogP) is 3.24. The average molecular weight is 302 g/mol. The quantitative estimate of drug-likeness (QED) is 0.804. The maximum absolute atomic E-state index is 12.5. The molecule has 0 aliphatic carbocycles. The second kappa shape index (κ2) is 5.43. The fourth-order valence-electron chi connectivity index (χ4n) is 2.23. The largest absolute Gasteiger partial charge is 0.243 e. The summed E-state index contributed by atoms with van der Waals surface area (Å²) in [6.07, 6.45) is 1.82. The second-order valence-corrected chi connectivity index (χ2v) is 8.05. The van der Waals surface area contributed by atoms with Crippen LogP contribution in [-0.4, -0.2) is 25.8 Å². The van der Waals surface area contributed by atoms with Crippen molar-refractivity contribution >= 4 is 21.6 Å². The molecule has 0 saturated carbocycles. The molecule has 0 spiro atoms. The molecule has 1 aromatic rings. The van der Waals surface area contributed by atoms with Crippen molar-refractivity contribution in [1.82, 2.24) is 4.31 Å². The normalized spacial score (nSPS) is 20.4. The molecule has 3 nitrogen and oxygen atoms in total. The van der Waals surface area contributed by atoms with Crippen LogP contribution in [0, 0.1) is 5.41 Å². The SMILES string of the molecule is CC1(C)CCN(S(=O)(=O)c2ccc(CCl)cc2)CC1. The van der Waals surface area contributed by atoms with Gasteiger partial charge >= 0.3 is 0 Å². The fraction of sp³-hybridized carbons (Fsp3) is 0.571. The van der Waals surface area contributed by atoms with Crippen LogP contribution in [0.2, 0.25) is 0 Å². The van der Waals surface area contributed by atoms with Crippen molar-refractivity contribution in [2.24, 2.45) is 5.41 Å². The zero-order valence-electron chi connectivity index (χ0n) is 11.4. The summed E-state index contributed by atoms with van der Waals surface area (Å²) in [6.45, 7) is 5.58. The molecule has 106 valence electrons. The van der Waals surface area contributed by atoms with Gasteiger partial charge in [-0.25, -0.2) is 8.42 Å². The van der Waals surface area contributed by atoms with Gasteiger partial charge in [-0.15, -0.1) is 11.6 Å². The Bertz CT molecular complexity index is 527. The topological polar surface area (TPSA) is 37.4 Å². The zero-order valence-corrected chi connectivity index (χ0v) is 13.0. The lowest BCUT2D eigenvalue weighted by atomic mass is 9.83. The molecule has 0 radical (unpaired) electrons. The highest BCUT2D eigenvalue weighted by Crippen LogP contribution is 2.32. The molecular weight excluding hydrogens is 282 g/mol.